The third-order valence-corrected chi connectivity index (χ3v) is 6.54. The highest BCUT2D eigenvalue weighted by Gasteiger charge is 2.29. The van der Waals surface area contributed by atoms with E-state index in [9.17, 15) is 19.7 Å². The normalized spacial score (nSPS) is 13.6. The quantitative estimate of drug-likeness (QED) is 0.147. The summed E-state index contributed by atoms with van der Waals surface area (Å²) in [7, 11) is 3.97. The molecule has 3 aromatic carbocycles. The molecule has 0 unspecified atom stereocenters. The summed E-state index contributed by atoms with van der Waals surface area (Å²) in [5.41, 5.74) is 9.14. The van der Waals surface area contributed by atoms with Crippen LogP contribution >= 0.6 is 11.6 Å². The number of nitrogen functional groups attached to an aromatic ring is 1. The van der Waals surface area contributed by atoms with Gasteiger partial charge in [0.2, 0.25) is 5.91 Å². The molecule has 0 radical (unpaired) electrons. The molecule has 1 heterocycles. The Morgan fingerprint density at radius 1 is 1.08 bits per heavy atom. The number of fused-ring (bicyclic) bond motifs is 1. The van der Waals surface area contributed by atoms with Crippen LogP contribution in [0.2, 0.25) is 5.02 Å². The highest BCUT2D eigenvalue weighted by Crippen LogP contribution is 2.40. The topological polar surface area (TPSA) is 134 Å². The predicted octanol–water partition coefficient (Wildman–Crippen LogP) is 5.07. The molecule has 0 bridgehead atoms. The van der Waals surface area contributed by atoms with Crippen molar-refractivity contribution < 1.29 is 14.5 Å². The molecule has 0 saturated carbocycles. The van der Waals surface area contributed by atoms with Gasteiger partial charge in [-0.1, -0.05) is 23.7 Å². The van der Waals surface area contributed by atoms with Gasteiger partial charge in [-0.15, -0.1) is 0 Å². The van der Waals surface area contributed by atoms with Gasteiger partial charge in [-0.25, -0.2) is 0 Å². The summed E-state index contributed by atoms with van der Waals surface area (Å²) in [6, 6.07) is 16.6. The van der Waals surface area contributed by atoms with Crippen molar-refractivity contribution in [1.82, 2.24) is 4.90 Å². The molecule has 4 N–H and O–H groups in total. The van der Waals surface area contributed by atoms with E-state index in [2.05, 4.69) is 15.5 Å². The fraction of sp³-hybridized carbons (Fsp3) is 0.214. The first-order valence-electron chi connectivity index (χ1n) is 12.2. The lowest BCUT2D eigenvalue weighted by Crippen LogP contribution is -2.31. The number of amides is 2. The van der Waals surface area contributed by atoms with Crippen LogP contribution in [-0.2, 0) is 9.59 Å². The highest BCUT2D eigenvalue weighted by molar-refractivity contribution is 6.38. The molecule has 11 heteroatoms. The van der Waals surface area contributed by atoms with Crippen molar-refractivity contribution in [3.8, 4) is 0 Å². The Bertz CT molecular complexity index is 1470. The van der Waals surface area contributed by atoms with Gasteiger partial charge in [0.1, 0.15) is 5.69 Å². The molecule has 0 aromatic heterocycles. The SMILES string of the molecule is CC(=O)N(CCCN(C)C)c1ccc(NC(=C2C(=O)Nc3cc(Cl)ccc32)c2ccc(N)c([N+](=O)[O-])c2)cc1. The molecule has 3 aromatic rings. The first-order valence-corrected chi connectivity index (χ1v) is 12.6. The Morgan fingerprint density at radius 2 is 1.79 bits per heavy atom. The summed E-state index contributed by atoms with van der Waals surface area (Å²) in [4.78, 5) is 40.3. The first-order chi connectivity index (χ1) is 18.5. The number of halogens is 1. The molecule has 0 fully saturated rings. The fourth-order valence-electron chi connectivity index (χ4n) is 4.41. The summed E-state index contributed by atoms with van der Waals surface area (Å²) >= 11 is 6.13. The van der Waals surface area contributed by atoms with E-state index in [-0.39, 0.29) is 23.2 Å². The van der Waals surface area contributed by atoms with E-state index in [0.717, 1.165) is 18.7 Å². The second-order valence-electron chi connectivity index (χ2n) is 9.42. The summed E-state index contributed by atoms with van der Waals surface area (Å²) < 4.78 is 0. The molecule has 0 spiro atoms. The van der Waals surface area contributed by atoms with Crippen molar-refractivity contribution in [3.05, 3.63) is 86.9 Å². The lowest BCUT2D eigenvalue weighted by molar-refractivity contribution is -0.383. The Kier molecular flexibility index (Phi) is 8.18. The van der Waals surface area contributed by atoms with Crippen molar-refractivity contribution in [2.75, 3.05) is 48.5 Å². The minimum Gasteiger partial charge on any atom is -0.393 e. The van der Waals surface area contributed by atoms with Crippen LogP contribution in [0.4, 0.5) is 28.4 Å². The summed E-state index contributed by atoms with van der Waals surface area (Å²) in [5, 5.41) is 18.2. The fourth-order valence-corrected chi connectivity index (χ4v) is 4.58. The number of carbonyl (C=O) groups is 2. The van der Waals surface area contributed by atoms with Gasteiger partial charge in [0, 0.05) is 47.1 Å². The smallest absolute Gasteiger partial charge is 0.292 e. The molecule has 0 atom stereocenters. The Morgan fingerprint density at radius 3 is 2.44 bits per heavy atom. The van der Waals surface area contributed by atoms with Gasteiger partial charge in [-0.05, 0) is 69.5 Å². The van der Waals surface area contributed by atoms with Crippen LogP contribution in [0.3, 0.4) is 0 Å². The van der Waals surface area contributed by atoms with E-state index < -0.39 is 4.92 Å². The first kappa shape index (κ1) is 27.6. The minimum atomic E-state index is -0.564. The summed E-state index contributed by atoms with van der Waals surface area (Å²) in [6.45, 7) is 2.95. The molecule has 39 heavy (non-hydrogen) atoms. The van der Waals surface area contributed by atoms with Crippen molar-refractivity contribution in [2.24, 2.45) is 0 Å². The number of hydrogen-bond acceptors (Lipinski definition) is 7. The van der Waals surface area contributed by atoms with Gasteiger partial charge >= 0.3 is 0 Å². The lowest BCUT2D eigenvalue weighted by atomic mass is 9.99. The summed E-state index contributed by atoms with van der Waals surface area (Å²) in [5.74, 6) is -0.445. The van der Waals surface area contributed by atoms with Gasteiger partial charge in [-0.3, -0.25) is 19.7 Å². The number of nitro benzene ring substituents is 1. The lowest BCUT2D eigenvalue weighted by Gasteiger charge is -2.23. The predicted molar refractivity (Wildman–Crippen MR) is 156 cm³/mol. The maximum absolute atomic E-state index is 13.1. The van der Waals surface area contributed by atoms with Crippen molar-refractivity contribution in [1.29, 1.82) is 0 Å². The van der Waals surface area contributed by atoms with E-state index in [1.165, 1.54) is 19.1 Å². The molecular weight excluding hydrogens is 520 g/mol. The molecular formula is C28H29ClN6O4. The maximum Gasteiger partial charge on any atom is 0.292 e. The molecule has 0 aliphatic carbocycles. The van der Waals surface area contributed by atoms with E-state index in [1.807, 2.05) is 26.2 Å². The van der Waals surface area contributed by atoms with E-state index in [1.54, 1.807) is 41.3 Å². The number of nitrogens with one attached hydrogen (secondary N) is 2. The van der Waals surface area contributed by atoms with Crippen LogP contribution in [0.15, 0.2) is 60.7 Å². The Hall–Kier alpha value is -4.41. The van der Waals surface area contributed by atoms with E-state index in [0.29, 0.717) is 45.3 Å². The number of benzene rings is 3. The number of nitrogens with zero attached hydrogens (tertiary/aromatic N) is 3. The van der Waals surface area contributed by atoms with E-state index in [4.69, 9.17) is 17.3 Å². The number of anilines is 4. The van der Waals surface area contributed by atoms with Crippen LogP contribution in [0.5, 0.6) is 0 Å². The second kappa shape index (κ2) is 11.5. The monoisotopic (exact) mass is 548 g/mol. The molecule has 0 saturated heterocycles. The van der Waals surface area contributed by atoms with Crippen LogP contribution < -0.4 is 21.3 Å². The molecule has 202 valence electrons. The molecule has 1 aliphatic heterocycles. The number of hydrogen-bond donors (Lipinski definition) is 3. The Labute approximate surface area is 231 Å². The van der Waals surface area contributed by atoms with Crippen LogP contribution in [0.1, 0.15) is 24.5 Å². The molecule has 10 nitrogen and oxygen atoms in total. The molecule has 1 aliphatic rings. The average molecular weight is 549 g/mol. The zero-order valence-electron chi connectivity index (χ0n) is 21.8. The van der Waals surface area contributed by atoms with Crippen molar-refractivity contribution >= 4 is 63.1 Å². The minimum absolute atomic E-state index is 0.0131. The second-order valence-corrected chi connectivity index (χ2v) is 9.86. The van der Waals surface area contributed by atoms with Crippen LogP contribution in [0, 0.1) is 10.1 Å². The highest BCUT2D eigenvalue weighted by atomic mass is 35.5. The van der Waals surface area contributed by atoms with Gasteiger partial charge in [-0.2, -0.15) is 0 Å². The maximum atomic E-state index is 13.1. The number of nitro groups is 1. The van der Waals surface area contributed by atoms with Crippen molar-refractivity contribution in [3.63, 3.8) is 0 Å². The van der Waals surface area contributed by atoms with Crippen LogP contribution in [-0.4, -0.2) is 48.8 Å². The largest absolute Gasteiger partial charge is 0.393 e. The third-order valence-electron chi connectivity index (χ3n) is 6.31. The van der Waals surface area contributed by atoms with Gasteiger partial charge in [0.05, 0.1) is 21.9 Å². The standard InChI is InChI=1S/C28H29ClN6O4/c1-17(36)34(14-4-13-33(2)3)21-9-7-20(8-10-21)31-27(18-5-12-23(30)25(15-18)35(38)39)26-22-11-6-19(29)16-24(22)32-28(26)37/h5-12,15-16,31H,4,13-14,30H2,1-3H3,(H,32,37). The van der Waals surface area contributed by atoms with Gasteiger partial charge in [0.25, 0.3) is 11.6 Å². The van der Waals surface area contributed by atoms with Gasteiger partial charge < -0.3 is 26.2 Å². The average Bonchev–Trinajstić information content (AvgIpc) is 3.20. The van der Waals surface area contributed by atoms with Crippen LogP contribution in [0.25, 0.3) is 11.3 Å². The number of carbonyl (C=O) groups excluding carboxylic acids is 2. The molecule has 2 amide bonds. The van der Waals surface area contributed by atoms with Gasteiger partial charge in [0.15, 0.2) is 0 Å². The van der Waals surface area contributed by atoms with Crippen molar-refractivity contribution in [2.45, 2.75) is 13.3 Å². The zero-order valence-corrected chi connectivity index (χ0v) is 22.6. The molecule has 4 rings (SSSR count). The van der Waals surface area contributed by atoms with E-state index >= 15 is 0 Å². The third kappa shape index (κ3) is 6.19. The number of nitrogens with two attached hydrogens (primary N) is 1. The Balaban J connectivity index is 1.75. The number of rotatable bonds is 9. The summed E-state index contributed by atoms with van der Waals surface area (Å²) in [6.07, 6.45) is 0.817. The zero-order chi connectivity index (χ0) is 28.3.